The first-order valence-corrected chi connectivity index (χ1v) is 6.81. The molecule has 0 bridgehead atoms. The molecule has 1 aliphatic carbocycles. The monoisotopic (exact) mass is 300 g/mol. The second-order valence-electron chi connectivity index (χ2n) is 5.50. The molecule has 3 nitrogen and oxygen atoms in total. The van der Waals surface area contributed by atoms with Gasteiger partial charge >= 0.3 is 0 Å². The summed E-state index contributed by atoms with van der Waals surface area (Å²) < 4.78 is 13.0. The van der Waals surface area contributed by atoms with Crippen LogP contribution >= 0.6 is 12.4 Å². The van der Waals surface area contributed by atoms with Gasteiger partial charge in [-0.2, -0.15) is 0 Å². The number of carbonyl (C=O) groups is 1. The lowest BCUT2D eigenvalue weighted by Gasteiger charge is -2.42. The summed E-state index contributed by atoms with van der Waals surface area (Å²) in [6.07, 6.45) is 3.23. The third kappa shape index (κ3) is 3.49. The Morgan fingerprint density at radius 1 is 1.40 bits per heavy atom. The van der Waals surface area contributed by atoms with E-state index in [9.17, 15) is 9.18 Å². The zero-order chi connectivity index (χ0) is 13.9. The van der Waals surface area contributed by atoms with Gasteiger partial charge in [-0.3, -0.25) is 4.79 Å². The van der Waals surface area contributed by atoms with E-state index in [0.717, 1.165) is 24.8 Å². The zero-order valence-corrected chi connectivity index (χ0v) is 12.5. The molecule has 0 radical (unpaired) electrons. The summed E-state index contributed by atoms with van der Waals surface area (Å²) in [6, 6.07) is 6.62. The number of nitrogens with two attached hydrogens (primary N) is 1. The minimum atomic E-state index is -0.223. The van der Waals surface area contributed by atoms with Gasteiger partial charge in [0, 0.05) is 24.4 Å². The second-order valence-corrected chi connectivity index (χ2v) is 5.50. The molecule has 1 saturated carbocycles. The van der Waals surface area contributed by atoms with E-state index in [0.29, 0.717) is 13.1 Å². The SMILES string of the molecule is CC(CN)C(=O)NCC1(c2ccc(F)cc2)CCC1.Cl. The first kappa shape index (κ1) is 16.9. The van der Waals surface area contributed by atoms with E-state index in [4.69, 9.17) is 5.73 Å². The smallest absolute Gasteiger partial charge is 0.224 e. The van der Waals surface area contributed by atoms with Crippen LogP contribution in [0.25, 0.3) is 0 Å². The molecule has 1 fully saturated rings. The quantitative estimate of drug-likeness (QED) is 0.877. The molecule has 1 aromatic carbocycles. The van der Waals surface area contributed by atoms with E-state index in [1.807, 2.05) is 19.1 Å². The molecular formula is C15H22ClFN2O. The molecule has 2 rings (SSSR count). The van der Waals surface area contributed by atoms with Crippen LogP contribution in [0.2, 0.25) is 0 Å². The van der Waals surface area contributed by atoms with Crippen molar-refractivity contribution in [1.29, 1.82) is 0 Å². The Hall–Kier alpha value is -1.13. The topological polar surface area (TPSA) is 55.1 Å². The van der Waals surface area contributed by atoms with Crippen molar-refractivity contribution in [1.82, 2.24) is 5.32 Å². The van der Waals surface area contributed by atoms with Crippen LogP contribution in [0.3, 0.4) is 0 Å². The van der Waals surface area contributed by atoms with E-state index >= 15 is 0 Å². The van der Waals surface area contributed by atoms with Crippen molar-refractivity contribution in [3.8, 4) is 0 Å². The Morgan fingerprint density at radius 2 is 2.00 bits per heavy atom. The maximum absolute atomic E-state index is 13.0. The summed E-state index contributed by atoms with van der Waals surface area (Å²) in [4.78, 5) is 11.8. The van der Waals surface area contributed by atoms with Crippen molar-refractivity contribution >= 4 is 18.3 Å². The largest absolute Gasteiger partial charge is 0.355 e. The fraction of sp³-hybridized carbons (Fsp3) is 0.533. The Kier molecular flexibility index (Phi) is 5.96. The molecule has 0 aromatic heterocycles. The van der Waals surface area contributed by atoms with E-state index < -0.39 is 0 Å². The van der Waals surface area contributed by atoms with Gasteiger partial charge in [0.2, 0.25) is 5.91 Å². The van der Waals surface area contributed by atoms with Crippen molar-refractivity contribution in [3.05, 3.63) is 35.6 Å². The molecule has 1 atom stereocenters. The average Bonchev–Trinajstić information content (AvgIpc) is 2.38. The molecule has 20 heavy (non-hydrogen) atoms. The highest BCUT2D eigenvalue weighted by molar-refractivity contribution is 5.85. The third-order valence-corrected chi connectivity index (χ3v) is 4.17. The lowest BCUT2D eigenvalue weighted by molar-refractivity contribution is -0.124. The van der Waals surface area contributed by atoms with Crippen molar-refractivity contribution < 1.29 is 9.18 Å². The number of amides is 1. The van der Waals surface area contributed by atoms with Crippen molar-refractivity contribution in [2.45, 2.75) is 31.6 Å². The van der Waals surface area contributed by atoms with Crippen LogP contribution in [-0.4, -0.2) is 19.0 Å². The fourth-order valence-electron chi connectivity index (χ4n) is 2.51. The van der Waals surface area contributed by atoms with Gasteiger partial charge in [0.1, 0.15) is 5.82 Å². The maximum Gasteiger partial charge on any atom is 0.224 e. The van der Waals surface area contributed by atoms with Crippen LogP contribution in [-0.2, 0) is 10.2 Å². The molecule has 0 saturated heterocycles. The van der Waals surface area contributed by atoms with Gasteiger partial charge in [-0.25, -0.2) is 4.39 Å². The van der Waals surface area contributed by atoms with Crippen LogP contribution in [0, 0.1) is 11.7 Å². The molecule has 1 aromatic rings. The maximum atomic E-state index is 13.0. The molecule has 1 unspecified atom stereocenters. The minimum absolute atomic E-state index is 0. The van der Waals surface area contributed by atoms with Crippen LogP contribution in [0.1, 0.15) is 31.7 Å². The first-order chi connectivity index (χ1) is 9.07. The van der Waals surface area contributed by atoms with Gasteiger partial charge in [-0.1, -0.05) is 25.5 Å². The molecule has 0 heterocycles. The highest BCUT2D eigenvalue weighted by Gasteiger charge is 2.38. The van der Waals surface area contributed by atoms with Crippen LogP contribution in [0.15, 0.2) is 24.3 Å². The Labute approximate surface area is 125 Å². The van der Waals surface area contributed by atoms with E-state index in [-0.39, 0.29) is 35.5 Å². The number of rotatable bonds is 5. The van der Waals surface area contributed by atoms with Crippen LogP contribution in [0.5, 0.6) is 0 Å². The summed E-state index contributed by atoms with van der Waals surface area (Å²) in [5, 5.41) is 2.98. The van der Waals surface area contributed by atoms with Crippen molar-refractivity contribution in [2.24, 2.45) is 11.7 Å². The number of hydrogen-bond donors (Lipinski definition) is 2. The number of carbonyl (C=O) groups excluding carboxylic acids is 1. The first-order valence-electron chi connectivity index (χ1n) is 6.81. The Balaban J connectivity index is 0.00000200. The number of hydrogen-bond acceptors (Lipinski definition) is 2. The van der Waals surface area contributed by atoms with Gasteiger partial charge in [-0.15, -0.1) is 12.4 Å². The standard InChI is InChI=1S/C15H21FN2O.ClH/c1-11(9-17)14(19)18-10-15(7-2-8-15)12-3-5-13(16)6-4-12;/h3-6,11H,2,7-10,17H2,1H3,(H,18,19);1H. The van der Waals surface area contributed by atoms with Gasteiger partial charge < -0.3 is 11.1 Å². The van der Waals surface area contributed by atoms with E-state index in [2.05, 4.69) is 5.32 Å². The molecule has 112 valence electrons. The predicted octanol–water partition coefficient (Wildman–Crippen LogP) is 2.38. The molecule has 0 aliphatic heterocycles. The zero-order valence-electron chi connectivity index (χ0n) is 11.7. The summed E-state index contributed by atoms with van der Waals surface area (Å²) in [5.74, 6) is -0.389. The van der Waals surface area contributed by atoms with E-state index in [1.165, 1.54) is 12.1 Å². The Morgan fingerprint density at radius 3 is 2.45 bits per heavy atom. The lowest BCUT2D eigenvalue weighted by Crippen LogP contribution is -2.47. The van der Waals surface area contributed by atoms with Crippen molar-refractivity contribution in [2.75, 3.05) is 13.1 Å². The summed E-state index contributed by atoms with van der Waals surface area (Å²) in [6.45, 7) is 2.79. The molecule has 5 heteroatoms. The van der Waals surface area contributed by atoms with Crippen LogP contribution < -0.4 is 11.1 Å². The third-order valence-electron chi connectivity index (χ3n) is 4.17. The molecule has 1 amide bonds. The van der Waals surface area contributed by atoms with Gasteiger partial charge in [0.25, 0.3) is 0 Å². The molecular weight excluding hydrogens is 279 g/mol. The minimum Gasteiger partial charge on any atom is -0.355 e. The average molecular weight is 301 g/mol. The molecule has 0 spiro atoms. The molecule has 1 aliphatic rings. The van der Waals surface area contributed by atoms with E-state index in [1.54, 1.807) is 0 Å². The van der Waals surface area contributed by atoms with Gasteiger partial charge in [-0.05, 0) is 30.5 Å². The second kappa shape index (κ2) is 7.04. The highest BCUT2D eigenvalue weighted by Crippen LogP contribution is 2.43. The normalized spacial score (nSPS) is 17.6. The Bertz CT molecular complexity index is 446. The van der Waals surface area contributed by atoms with Gasteiger partial charge in [0.15, 0.2) is 0 Å². The van der Waals surface area contributed by atoms with Crippen molar-refractivity contribution in [3.63, 3.8) is 0 Å². The van der Waals surface area contributed by atoms with Crippen LogP contribution in [0.4, 0.5) is 4.39 Å². The molecule has 3 N–H and O–H groups in total. The summed E-state index contributed by atoms with van der Waals surface area (Å²) in [5.41, 5.74) is 6.58. The lowest BCUT2D eigenvalue weighted by atomic mass is 9.64. The number of halogens is 2. The van der Waals surface area contributed by atoms with Gasteiger partial charge in [0.05, 0.1) is 0 Å². The summed E-state index contributed by atoms with van der Waals surface area (Å²) in [7, 11) is 0. The fourth-order valence-corrected chi connectivity index (χ4v) is 2.51. The predicted molar refractivity (Wildman–Crippen MR) is 80.4 cm³/mol. The number of benzene rings is 1. The summed E-state index contributed by atoms with van der Waals surface area (Å²) >= 11 is 0. The number of nitrogens with one attached hydrogen (secondary N) is 1. The highest BCUT2D eigenvalue weighted by atomic mass is 35.5.